The second kappa shape index (κ2) is 7.61. The number of amides is 1. The van der Waals surface area contributed by atoms with Crippen molar-refractivity contribution in [1.82, 2.24) is 10.2 Å². The van der Waals surface area contributed by atoms with Crippen LogP contribution in [0.25, 0.3) is 0 Å². The van der Waals surface area contributed by atoms with Crippen molar-refractivity contribution in [3.05, 3.63) is 47.1 Å². The lowest BCUT2D eigenvalue weighted by molar-refractivity contribution is -0.120. The van der Waals surface area contributed by atoms with E-state index in [1.807, 2.05) is 6.07 Å². The summed E-state index contributed by atoms with van der Waals surface area (Å²) >= 11 is 5.76. The first-order chi connectivity index (χ1) is 12.0. The molecular weight excluding hydrogens is 340 g/mol. The molecule has 0 bridgehead atoms. The molecule has 1 aromatic heterocycles. The Morgan fingerprint density at radius 3 is 2.56 bits per heavy atom. The number of Topliss-reactive ketones (excluding diaryl/α,β-unsaturated/α-hetero) is 1. The van der Waals surface area contributed by atoms with Crippen LogP contribution in [0.1, 0.15) is 30.1 Å². The van der Waals surface area contributed by atoms with Gasteiger partial charge in [0.25, 0.3) is 0 Å². The van der Waals surface area contributed by atoms with Crippen LogP contribution >= 0.6 is 11.6 Å². The molecule has 2 heterocycles. The number of rotatable bonds is 4. The van der Waals surface area contributed by atoms with Gasteiger partial charge >= 0.3 is 0 Å². The van der Waals surface area contributed by atoms with E-state index in [0.717, 1.165) is 31.7 Å². The molecule has 1 aromatic carbocycles. The Balaban J connectivity index is 1.57. The number of carbonyl (C=O) groups excluding carboxylic acids is 2. The molecule has 0 saturated carbocycles. The lowest BCUT2D eigenvalue weighted by atomic mass is 9.95. The third-order valence-electron chi connectivity index (χ3n) is 4.34. The topological polar surface area (TPSA) is 75.2 Å². The van der Waals surface area contributed by atoms with E-state index < -0.39 is 0 Å². The minimum Gasteiger partial charge on any atom is -0.355 e. The predicted octanol–water partition coefficient (Wildman–Crippen LogP) is 3.19. The normalized spacial score (nSPS) is 15.0. The summed E-state index contributed by atoms with van der Waals surface area (Å²) < 4.78 is 0. The van der Waals surface area contributed by atoms with Crippen LogP contribution in [0.5, 0.6) is 0 Å². The van der Waals surface area contributed by atoms with Gasteiger partial charge in [-0.25, -0.2) is 0 Å². The van der Waals surface area contributed by atoms with Gasteiger partial charge in [-0.15, -0.1) is 10.2 Å². The van der Waals surface area contributed by atoms with Crippen molar-refractivity contribution in [2.24, 2.45) is 5.92 Å². The van der Waals surface area contributed by atoms with Crippen molar-refractivity contribution in [3.63, 3.8) is 0 Å². The summed E-state index contributed by atoms with van der Waals surface area (Å²) in [7, 11) is 0. The smallest absolute Gasteiger partial charge is 0.227 e. The number of piperidine rings is 1. The SMILES string of the molecule is CC(=O)c1cccc(NC(=O)C2CCN(c3ccc(Cl)nn3)CC2)c1. The van der Waals surface area contributed by atoms with Crippen LogP contribution in [0, 0.1) is 5.92 Å². The van der Waals surface area contributed by atoms with Gasteiger partial charge in [-0.3, -0.25) is 9.59 Å². The van der Waals surface area contributed by atoms with Crippen molar-refractivity contribution < 1.29 is 9.59 Å². The molecule has 0 radical (unpaired) electrons. The Morgan fingerprint density at radius 1 is 1.16 bits per heavy atom. The lowest BCUT2D eigenvalue weighted by Gasteiger charge is -2.31. The number of ketones is 1. The molecular formula is C18H19ClN4O2. The van der Waals surface area contributed by atoms with Crippen LogP contribution in [0.3, 0.4) is 0 Å². The summed E-state index contributed by atoms with van der Waals surface area (Å²) in [4.78, 5) is 26.0. The van der Waals surface area contributed by atoms with Crippen LogP contribution < -0.4 is 10.2 Å². The molecule has 1 amide bonds. The Labute approximate surface area is 151 Å². The molecule has 0 atom stereocenters. The number of hydrogen-bond donors (Lipinski definition) is 1. The fourth-order valence-corrected chi connectivity index (χ4v) is 3.01. The third-order valence-corrected chi connectivity index (χ3v) is 4.55. The molecule has 1 N–H and O–H groups in total. The molecule has 1 aliphatic rings. The Morgan fingerprint density at radius 2 is 1.92 bits per heavy atom. The molecule has 130 valence electrons. The van der Waals surface area contributed by atoms with E-state index >= 15 is 0 Å². The number of halogens is 1. The number of anilines is 2. The highest BCUT2D eigenvalue weighted by Crippen LogP contribution is 2.23. The van der Waals surface area contributed by atoms with Gasteiger partial charge in [-0.05, 0) is 44.0 Å². The fourth-order valence-electron chi connectivity index (χ4n) is 2.91. The Bertz CT molecular complexity index is 771. The zero-order valence-electron chi connectivity index (χ0n) is 13.9. The first kappa shape index (κ1) is 17.4. The summed E-state index contributed by atoms with van der Waals surface area (Å²) in [5.74, 6) is 0.686. The zero-order chi connectivity index (χ0) is 17.8. The second-order valence-electron chi connectivity index (χ2n) is 6.10. The average molecular weight is 359 g/mol. The van der Waals surface area contributed by atoms with Crippen LogP contribution in [0.2, 0.25) is 5.15 Å². The molecule has 25 heavy (non-hydrogen) atoms. The summed E-state index contributed by atoms with van der Waals surface area (Å²) in [5, 5.41) is 11.2. The summed E-state index contributed by atoms with van der Waals surface area (Å²) in [6.07, 6.45) is 1.48. The van der Waals surface area contributed by atoms with Crippen molar-refractivity contribution in [2.45, 2.75) is 19.8 Å². The van der Waals surface area contributed by atoms with Crippen molar-refractivity contribution >= 4 is 34.8 Å². The number of carbonyl (C=O) groups is 2. The van der Waals surface area contributed by atoms with Gasteiger partial charge in [0, 0.05) is 30.3 Å². The standard InChI is InChI=1S/C18H19ClN4O2/c1-12(24)14-3-2-4-15(11-14)20-18(25)13-7-9-23(10-8-13)17-6-5-16(19)21-22-17/h2-6,11,13H,7-10H2,1H3,(H,20,25). The lowest BCUT2D eigenvalue weighted by Crippen LogP contribution is -2.38. The van der Waals surface area contributed by atoms with E-state index in [-0.39, 0.29) is 17.6 Å². The molecule has 6 nitrogen and oxygen atoms in total. The third kappa shape index (κ3) is 4.33. The van der Waals surface area contributed by atoms with Crippen LogP contribution in [0.15, 0.2) is 36.4 Å². The summed E-state index contributed by atoms with van der Waals surface area (Å²) in [6.45, 7) is 2.99. The molecule has 0 spiro atoms. The van der Waals surface area contributed by atoms with Crippen LogP contribution in [0.4, 0.5) is 11.5 Å². The van der Waals surface area contributed by atoms with Crippen LogP contribution in [-0.4, -0.2) is 35.0 Å². The van der Waals surface area contributed by atoms with Gasteiger partial charge in [0.15, 0.2) is 16.8 Å². The van der Waals surface area contributed by atoms with E-state index in [1.165, 1.54) is 6.92 Å². The average Bonchev–Trinajstić information content (AvgIpc) is 2.63. The van der Waals surface area contributed by atoms with Crippen molar-refractivity contribution in [1.29, 1.82) is 0 Å². The van der Waals surface area contributed by atoms with E-state index in [4.69, 9.17) is 11.6 Å². The maximum absolute atomic E-state index is 12.5. The fraction of sp³-hybridized carbons (Fsp3) is 0.333. The molecule has 2 aromatic rings. The molecule has 1 aliphatic heterocycles. The van der Waals surface area contributed by atoms with Gasteiger partial charge < -0.3 is 10.2 Å². The molecule has 0 unspecified atom stereocenters. The predicted molar refractivity (Wildman–Crippen MR) is 97.1 cm³/mol. The second-order valence-corrected chi connectivity index (χ2v) is 6.49. The van der Waals surface area contributed by atoms with E-state index in [1.54, 1.807) is 30.3 Å². The molecule has 3 rings (SSSR count). The van der Waals surface area contributed by atoms with Gasteiger partial charge in [0.05, 0.1) is 0 Å². The van der Waals surface area contributed by atoms with Gasteiger partial charge in [0.2, 0.25) is 5.91 Å². The zero-order valence-corrected chi connectivity index (χ0v) is 14.7. The maximum Gasteiger partial charge on any atom is 0.227 e. The molecule has 0 aliphatic carbocycles. The number of benzene rings is 1. The largest absolute Gasteiger partial charge is 0.355 e. The summed E-state index contributed by atoms with van der Waals surface area (Å²) in [5.41, 5.74) is 1.25. The number of nitrogens with one attached hydrogen (secondary N) is 1. The Hall–Kier alpha value is -2.47. The number of aromatic nitrogens is 2. The molecule has 7 heteroatoms. The van der Waals surface area contributed by atoms with Gasteiger partial charge in [-0.1, -0.05) is 23.7 Å². The summed E-state index contributed by atoms with van der Waals surface area (Å²) in [6, 6.07) is 10.6. The quantitative estimate of drug-likeness (QED) is 0.849. The van der Waals surface area contributed by atoms with Gasteiger partial charge in [0.1, 0.15) is 0 Å². The van der Waals surface area contributed by atoms with Gasteiger partial charge in [-0.2, -0.15) is 0 Å². The van der Waals surface area contributed by atoms with Crippen LogP contribution in [-0.2, 0) is 4.79 Å². The van der Waals surface area contributed by atoms with E-state index in [9.17, 15) is 9.59 Å². The minimum absolute atomic E-state index is 0.0115. The van der Waals surface area contributed by atoms with E-state index in [2.05, 4.69) is 20.4 Å². The van der Waals surface area contributed by atoms with Crippen molar-refractivity contribution in [2.75, 3.05) is 23.3 Å². The molecule has 1 saturated heterocycles. The Kier molecular flexibility index (Phi) is 5.28. The highest BCUT2D eigenvalue weighted by molar-refractivity contribution is 6.29. The molecule has 1 fully saturated rings. The number of nitrogens with zero attached hydrogens (tertiary/aromatic N) is 3. The monoisotopic (exact) mass is 358 g/mol. The first-order valence-electron chi connectivity index (χ1n) is 8.19. The number of hydrogen-bond acceptors (Lipinski definition) is 5. The highest BCUT2D eigenvalue weighted by Gasteiger charge is 2.26. The highest BCUT2D eigenvalue weighted by atomic mass is 35.5. The maximum atomic E-state index is 12.5. The van der Waals surface area contributed by atoms with Crippen molar-refractivity contribution in [3.8, 4) is 0 Å². The minimum atomic E-state index is -0.0579. The first-order valence-corrected chi connectivity index (χ1v) is 8.57. The van der Waals surface area contributed by atoms with E-state index in [0.29, 0.717) is 16.4 Å².